The van der Waals surface area contributed by atoms with Crippen molar-refractivity contribution in [2.75, 3.05) is 31.1 Å². The van der Waals surface area contributed by atoms with Crippen LogP contribution in [0.1, 0.15) is 22.5 Å². The molecule has 0 saturated carbocycles. The van der Waals surface area contributed by atoms with E-state index in [4.69, 9.17) is 0 Å². The van der Waals surface area contributed by atoms with E-state index in [0.717, 1.165) is 43.1 Å². The second-order valence-corrected chi connectivity index (χ2v) is 6.31. The van der Waals surface area contributed by atoms with Crippen LogP contribution in [0.25, 0.3) is 5.65 Å². The van der Waals surface area contributed by atoms with Crippen LogP contribution in [0.2, 0.25) is 0 Å². The fourth-order valence-corrected chi connectivity index (χ4v) is 3.16. The van der Waals surface area contributed by atoms with Gasteiger partial charge in [0.1, 0.15) is 11.3 Å². The van der Waals surface area contributed by atoms with Gasteiger partial charge >= 0.3 is 0 Å². The number of imidazole rings is 1. The molecule has 0 bridgehead atoms. The second-order valence-electron chi connectivity index (χ2n) is 6.31. The summed E-state index contributed by atoms with van der Waals surface area (Å²) in [5, 5.41) is 8.10. The number of hydrogen-bond acceptors (Lipinski definition) is 5. The van der Waals surface area contributed by atoms with Crippen LogP contribution in [-0.2, 0) is 0 Å². The monoisotopic (exact) mass is 336 g/mol. The SMILES string of the molecule is Cc1ccn2cc(C(=O)N3CCCN(c4cccnn4)CC3)nc2c1. The first-order chi connectivity index (χ1) is 12.2. The van der Waals surface area contributed by atoms with Crippen molar-refractivity contribution in [2.24, 2.45) is 0 Å². The fraction of sp³-hybridized carbons (Fsp3) is 0.333. The summed E-state index contributed by atoms with van der Waals surface area (Å²) in [6, 6.07) is 7.83. The number of pyridine rings is 1. The van der Waals surface area contributed by atoms with Gasteiger partial charge in [-0.2, -0.15) is 5.10 Å². The van der Waals surface area contributed by atoms with Gasteiger partial charge in [0.15, 0.2) is 5.82 Å². The number of amides is 1. The van der Waals surface area contributed by atoms with Crippen LogP contribution in [0.4, 0.5) is 5.82 Å². The van der Waals surface area contributed by atoms with Crippen molar-refractivity contribution < 1.29 is 4.79 Å². The van der Waals surface area contributed by atoms with Crippen molar-refractivity contribution >= 4 is 17.4 Å². The lowest BCUT2D eigenvalue weighted by Gasteiger charge is -2.21. The summed E-state index contributed by atoms with van der Waals surface area (Å²) < 4.78 is 1.89. The van der Waals surface area contributed by atoms with Gasteiger partial charge in [-0.05, 0) is 43.2 Å². The van der Waals surface area contributed by atoms with Crippen molar-refractivity contribution in [2.45, 2.75) is 13.3 Å². The molecule has 0 atom stereocenters. The van der Waals surface area contributed by atoms with Crippen molar-refractivity contribution in [1.29, 1.82) is 0 Å². The molecule has 4 heterocycles. The van der Waals surface area contributed by atoms with E-state index in [1.54, 1.807) is 6.20 Å². The average Bonchev–Trinajstić information content (AvgIpc) is 2.89. The first kappa shape index (κ1) is 15.6. The van der Waals surface area contributed by atoms with E-state index in [0.29, 0.717) is 12.2 Å². The molecular weight excluding hydrogens is 316 g/mol. The summed E-state index contributed by atoms with van der Waals surface area (Å²) in [7, 11) is 0. The number of hydrogen-bond donors (Lipinski definition) is 0. The summed E-state index contributed by atoms with van der Waals surface area (Å²) >= 11 is 0. The highest BCUT2D eigenvalue weighted by atomic mass is 16.2. The Morgan fingerprint density at radius 1 is 1.16 bits per heavy atom. The Morgan fingerprint density at radius 2 is 2.08 bits per heavy atom. The maximum absolute atomic E-state index is 12.9. The maximum atomic E-state index is 12.9. The minimum Gasteiger partial charge on any atom is -0.353 e. The van der Waals surface area contributed by atoms with Crippen molar-refractivity contribution in [3.05, 3.63) is 54.1 Å². The molecule has 1 aliphatic rings. The largest absolute Gasteiger partial charge is 0.353 e. The summed E-state index contributed by atoms with van der Waals surface area (Å²) in [4.78, 5) is 21.4. The van der Waals surface area contributed by atoms with Crippen LogP contribution >= 0.6 is 0 Å². The molecule has 0 aromatic carbocycles. The standard InChI is InChI=1S/C18H20N6O/c1-14-5-9-24-13-15(20-17(24)12-14)18(25)23-8-3-7-22(10-11-23)16-4-2-6-19-21-16/h2,4-6,9,12-13H,3,7-8,10-11H2,1H3. The Kier molecular flexibility index (Phi) is 4.05. The Labute approximate surface area is 145 Å². The molecule has 0 aliphatic carbocycles. The number of anilines is 1. The number of aromatic nitrogens is 4. The number of nitrogens with zero attached hydrogens (tertiary/aromatic N) is 6. The molecule has 0 spiro atoms. The molecule has 7 heteroatoms. The summed E-state index contributed by atoms with van der Waals surface area (Å²) in [5.74, 6) is 0.849. The lowest BCUT2D eigenvalue weighted by Crippen LogP contribution is -2.35. The third-order valence-electron chi connectivity index (χ3n) is 4.50. The van der Waals surface area contributed by atoms with E-state index in [9.17, 15) is 4.79 Å². The molecule has 1 saturated heterocycles. The van der Waals surface area contributed by atoms with Crippen LogP contribution in [0, 0.1) is 6.92 Å². The molecule has 25 heavy (non-hydrogen) atoms. The lowest BCUT2D eigenvalue weighted by atomic mass is 10.3. The van der Waals surface area contributed by atoms with Crippen LogP contribution in [0.5, 0.6) is 0 Å². The van der Waals surface area contributed by atoms with Gasteiger partial charge in [-0.1, -0.05) is 0 Å². The Morgan fingerprint density at radius 3 is 2.92 bits per heavy atom. The third kappa shape index (κ3) is 3.17. The Bertz CT molecular complexity index is 891. The topological polar surface area (TPSA) is 66.6 Å². The van der Waals surface area contributed by atoms with Crippen LogP contribution in [-0.4, -0.2) is 56.6 Å². The first-order valence-corrected chi connectivity index (χ1v) is 8.48. The zero-order valence-electron chi connectivity index (χ0n) is 14.2. The van der Waals surface area contributed by atoms with Crippen molar-refractivity contribution in [1.82, 2.24) is 24.5 Å². The van der Waals surface area contributed by atoms with Crippen LogP contribution < -0.4 is 4.90 Å². The van der Waals surface area contributed by atoms with E-state index < -0.39 is 0 Å². The van der Waals surface area contributed by atoms with Gasteiger partial charge in [0, 0.05) is 44.8 Å². The minimum atomic E-state index is -0.0117. The molecule has 1 aliphatic heterocycles. The normalized spacial score (nSPS) is 15.4. The predicted octanol–water partition coefficient (Wildman–Crippen LogP) is 1.79. The molecule has 0 N–H and O–H groups in total. The molecule has 3 aromatic rings. The van der Waals surface area contributed by atoms with Gasteiger partial charge in [-0.3, -0.25) is 4.79 Å². The van der Waals surface area contributed by atoms with Crippen LogP contribution in [0.15, 0.2) is 42.9 Å². The molecule has 1 amide bonds. The predicted molar refractivity (Wildman–Crippen MR) is 94.7 cm³/mol. The minimum absolute atomic E-state index is 0.0117. The summed E-state index contributed by atoms with van der Waals surface area (Å²) in [6.07, 6.45) is 6.31. The third-order valence-corrected chi connectivity index (χ3v) is 4.50. The van der Waals surface area contributed by atoms with Gasteiger partial charge in [0.2, 0.25) is 0 Å². The lowest BCUT2D eigenvalue weighted by molar-refractivity contribution is 0.0762. The average molecular weight is 336 g/mol. The molecule has 3 aromatic heterocycles. The van der Waals surface area contributed by atoms with E-state index >= 15 is 0 Å². The van der Waals surface area contributed by atoms with Crippen molar-refractivity contribution in [3.8, 4) is 0 Å². The highest BCUT2D eigenvalue weighted by Gasteiger charge is 2.22. The zero-order valence-corrected chi connectivity index (χ0v) is 14.2. The van der Waals surface area contributed by atoms with E-state index in [1.807, 2.05) is 52.9 Å². The molecule has 128 valence electrons. The van der Waals surface area contributed by atoms with E-state index in [-0.39, 0.29) is 5.91 Å². The Balaban J connectivity index is 1.50. The first-order valence-electron chi connectivity index (χ1n) is 8.48. The summed E-state index contributed by atoms with van der Waals surface area (Å²) in [5.41, 5.74) is 2.43. The Hall–Kier alpha value is -2.96. The quantitative estimate of drug-likeness (QED) is 0.714. The molecular formula is C18H20N6O. The van der Waals surface area contributed by atoms with Crippen LogP contribution in [0.3, 0.4) is 0 Å². The highest BCUT2D eigenvalue weighted by Crippen LogP contribution is 2.15. The smallest absolute Gasteiger partial charge is 0.274 e. The molecule has 0 radical (unpaired) electrons. The van der Waals surface area contributed by atoms with Gasteiger partial charge in [-0.15, -0.1) is 5.10 Å². The fourth-order valence-electron chi connectivity index (χ4n) is 3.16. The van der Waals surface area contributed by atoms with E-state index in [1.165, 1.54) is 0 Å². The van der Waals surface area contributed by atoms with Gasteiger partial charge < -0.3 is 14.2 Å². The zero-order chi connectivity index (χ0) is 17.2. The number of fused-ring (bicyclic) bond motifs is 1. The van der Waals surface area contributed by atoms with Gasteiger partial charge in [-0.25, -0.2) is 4.98 Å². The van der Waals surface area contributed by atoms with E-state index in [2.05, 4.69) is 20.1 Å². The highest BCUT2D eigenvalue weighted by molar-refractivity contribution is 5.93. The number of carbonyl (C=O) groups excluding carboxylic acids is 1. The summed E-state index contributed by atoms with van der Waals surface area (Å²) in [6.45, 7) is 5.01. The maximum Gasteiger partial charge on any atom is 0.274 e. The molecule has 7 nitrogen and oxygen atoms in total. The van der Waals surface area contributed by atoms with Crippen molar-refractivity contribution in [3.63, 3.8) is 0 Å². The molecule has 0 unspecified atom stereocenters. The number of carbonyl (C=O) groups is 1. The number of rotatable bonds is 2. The van der Waals surface area contributed by atoms with Gasteiger partial charge in [0.05, 0.1) is 0 Å². The molecule has 1 fully saturated rings. The van der Waals surface area contributed by atoms with Gasteiger partial charge in [0.25, 0.3) is 5.91 Å². The number of aryl methyl sites for hydroxylation is 1. The second kappa shape index (κ2) is 6.51. The molecule has 4 rings (SSSR count).